The van der Waals surface area contributed by atoms with Gasteiger partial charge in [-0.05, 0) is 30.3 Å². The van der Waals surface area contributed by atoms with Gasteiger partial charge in [-0.3, -0.25) is 4.90 Å². The van der Waals surface area contributed by atoms with Gasteiger partial charge in [-0.25, -0.2) is 22.0 Å². The molecule has 0 saturated carbocycles. The summed E-state index contributed by atoms with van der Waals surface area (Å²) >= 11 is 0. The number of ether oxygens (including phenoxy) is 1. The molecule has 0 aliphatic carbocycles. The van der Waals surface area contributed by atoms with Crippen molar-refractivity contribution < 1.29 is 21.6 Å². The molecule has 2 aromatic rings. The molecule has 1 heterocycles. The number of sulfonamides is 1. The number of sulfone groups is 1. The van der Waals surface area contributed by atoms with Crippen LogP contribution in [0.1, 0.15) is 0 Å². The highest BCUT2D eigenvalue weighted by Crippen LogP contribution is 2.28. The van der Waals surface area contributed by atoms with Gasteiger partial charge in [-0.1, -0.05) is 18.2 Å². The summed E-state index contributed by atoms with van der Waals surface area (Å²) in [5, 5.41) is 5.15. The number of para-hydroxylation sites is 1. The number of nitrogens with two attached hydrogens (primary N) is 1. The minimum absolute atomic E-state index is 0.0233. The summed E-state index contributed by atoms with van der Waals surface area (Å²) in [5.41, 5.74) is 0.500. The van der Waals surface area contributed by atoms with E-state index in [1.165, 1.54) is 12.1 Å². The Morgan fingerprint density at radius 2 is 1.62 bits per heavy atom. The van der Waals surface area contributed by atoms with Crippen LogP contribution < -0.4 is 14.8 Å². The zero-order valence-corrected chi connectivity index (χ0v) is 17.8. The summed E-state index contributed by atoms with van der Waals surface area (Å²) in [6.07, 6.45) is 1.07. The van der Waals surface area contributed by atoms with E-state index < -0.39 is 19.9 Å². The smallest absolute Gasteiger partial charge is 0.238 e. The summed E-state index contributed by atoms with van der Waals surface area (Å²) in [4.78, 5) is 3.97. The van der Waals surface area contributed by atoms with E-state index in [1.807, 2.05) is 35.2 Å². The molecule has 0 unspecified atom stereocenters. The Morgan fingerprint density at radius 3 is 2.21 bits per heavy atom. The Hall–Kier alpha value is -2.14. The minimum atomic E-state index is -3.98. The van der Waals surface area contributed by atoms with E-state index in [2.05, 4.69) is 4.90 Å². The fourth-order valence-corrected chi connectivity index (χ4v) is 4.78. The van der Waals surface area contributed by atoms with Gasteiger partial charge in [0.25, 0.3) is 0 Å². The van der Waals surface area contributed by atoms with Crippen molar-refractivity contribution in [2.45, 2.75) is 9.79 Å². The molecule has 0 bridgehead atoms. The molecule has 3 rings (SSSR count). The Balaban J connectivity index is 1.64. The highest BCUT2D eigenvalue weighted by Gasteiger charge is 2.24. The lowest BCUT2D eigenvalue weighted by molar-refractivity contribution is 0.200. The number of rotatable bonds is 7. The summed E-state index contributed by atoms with van der Waals surface area (Å²) in [6, 6.07) is 13.6. The van der Waals surface area contributed by atoms with Crippen LogP contribution in [0, 0.1) is 0 Å². The van der Waals surface area contributed by atoms with Crippen LogP contribution in [-0.2, 0) is 19.9 Å². The van der Waals surface area contributed by atoms with Crippen LogP contribution >= 0.6 is 0 Å². The van der Waals surface area contributed by atoms with E-state index >= 15 is 0 Å². The van der Waals surface area contributed by atoms with Gasteiger partial charge in [0.15, 0.2) is 9.84 Å². The number of piperazine rings is 1. The summed E-state index contributed by atoms with van der Waals surface area (Å²) in [6.45, 7) is 4.09. The van der Waals surface area contributed by atoms with E-state index in [0.29, 0.717) is 25.4 Å². The Labute approximate surface area is 171 Å². The zero-order valence-electron chi connectivity index (χ0n) is 16.2. The van der Waals surface area contributed by atoms with Gasteiger partial charge in [0.2, 0.25) is 10.0 Å². The fourth-order valence-electron chi connectivity index (χ4n) is 3.25. The van der Waals surface area contributed by atoms with Crippen LogP contribution in [0.25, 0.3) is 0 Å². The quantitative estimate of drug-likeness (QED) is 0.684. The second-order valence-electron chi connectivity index (χ2n) is 6.94. The van der Waals surface area contributed by atoms with Crippen LogP contribution in [0.15, 0.2) is 58.3 Å². The first kappa shape index (κ1) is 21.6. The standard InChI is InChI=1S/C19H25N3O5S2/c1-28(23,24)19-15-17(29(20,25)26)7-8-18(19)22-11-9-21(10-12-22)13-14-27-16-5-3-2-4-6-16/h2-8,15H,9-14H2,1H3,(H2,20,25,26). The summed E-state index contributed by atoms with van der Waals surface area (Å²) < 4.78 is 53.4. The number of hydrogen-bond acceptors (Lipinski definition) is 7. The Bertz CT molecular complexity index is 1050. The summed E-state index contributed by atoms with van der Waals surface area (Å²) in [7, 11) is -7.60. The fraction of sp³-hybridized carbons (Fsp3) is 0.368. The van der Waals surface area contributed by atoms with Crippen LogP contribution in [0.2, 0.25) is 0 Å². The first-order chi connectivity index (χ1) is 13.6. The van der Waals surface area contributed by atoms with E-state index in [9.17, 15) is 16.8 Å². The molecule has 0 radical (unpaired) electrons. The molecule has 0 amide bonds. The normalized spacial score (nSPS) is 16.0. The maximum absolute atomic E-state index is 12.2. The highest BCUT2D eigenvalue weighted by molar-refractivity contribution is 7.91. The zero-order chi connectivity index (χ0) is 21.1. The van der Waals surface area contributed by atoms with Crippen molar-refractivity contribution >= 4 is 25.5 Å². The van der Waals surface area contributed by atoms with Crippen molar-refractivity contribution in [1.29, 1.82) is 0 Å². The Kier molecular flexibility index (Phi) is 6.47. The van der Waals surface area contributed by atoms with Gasteiger partial charge in [-0.15, -0.1) is 0 Å². The first-order valence-corrected chi connectivity index (χ1v) is 12.6. The van der Waals surface area contributed by atoms with Crippen molar-refractivity contribution in [3.63, 3.8) is 0 Å². The lowest BCUT2D eigenvalue weighted by Gasteiger charge is -2.36. The molecule has 10 heteroatoms. The first-order valence-electron chi connectivity index (χ1n) is 9.17. The van der Waals surface area contributed by atoms with Crippen LogP contribution in [0.5, 0.6) is 5.75 Å². The monoisotopic (exact) mass is 439 g/mol. The van der Waals surface area contributed by atoms with Crippen molar-refractivity contribution in [2.24, 2.45) is 5.14 Å². The van der Waals surface area contributed by atoms with Crippen molar-refractivity contribution in [3.05, 3.63) is 48.5 Å². The highest BCUT2D eigenvalue weighted by atomic mass is 32.2. The maximum atomic E-state index is 12.2. The molecule has 1 aliphatic rings. The molecular formula is C19H25N3O5S2. The SMILES string of the molecule is CS(=O)(=O)c1cc(S(N)(=O)=O)ccc1N1CCN(CCOc2ccccc2)CC1. The van der Waals surface area contributed by atoms with Gasteiger partial charge in [0, 0.05) is 39.0 Å². The largest absolute Gasteiger partial charge is 0.492 e. The average molecular weight is 440 g/mol. The predicted molar refractivity (Wildman–Crippen MR) is 112 cm³/mol. The second kappa shape index (κ2) is 8.70. The van der Waals surface area contributed by atoms with Crippen LogP contribution in [0.3, 0.4) is 0 Å². The topological polar surface area (TPSA) is 110 Å². The van der Waals surface area contributed by atoms with E-state index in [-0.39, 0.29) is 9.79 Å². The average Bonchev–Trinajstić information content (AvgIpc) is 2.67. The van der Waals surface area contributed by atoms with E-state index in [4.69, 9.17) is 9.88 Å². The Morgan fingerprint density at radius 1 is 0.966 bits per heavy atom. The van der Waals surface area contributed by atoms with Gasteiger partial charge < -0.3 is 9.64 Å². The van der Waals surface area contributed by atoms with Gasteiger partial charge in [0.05, 0.1) is 15.5 Å². The predicted octanol–water partition coefficient (Wildman–Crippen LogP) is 0.939. The second-order valence-corrected chi connectivity index (χ2v) is 10.5. The number of primary sulfonamides is 1. The third-order valence-corrected chi connectivity index (χ3v) is 6.83. The lowest BCUT2D eigenvalue weighted by atomic mass is 10.2. The molecular weight excluding hydrogens is 414 g/mol. The number of benzene rings is 2. The lowest BCUT2D eigenvalue weighted by Crippen LogP contribution is -2.47. The molecule has 1 aliphatic heterocycles. The summed E-state index contributed by atoms with van der Waals surface area (Å²) in [5.74, 6) is 0.832. The molecule has 29 heavy (non-hydrogen) atoms. The third kappa shape index (κ3) is 5.69. The molecule has 0 spiro atoms. The van der Waals surface area contributed by atoms with Gasteiger partial charge >= 0.3 is 0 Å². The van der Waals surface area contributed by atoms with Crippen LogP contribution in [0.4, 0.5) is 5.69 Å². The molecule has 1 fully saturated rings. The van der Waals surface area contributed by atoms with Crippen molar-refractivity contribution in [2.75, 3.05) is 50.5 Å². The van der Waals surface area contributed by atoms with E-state index in [1.54, 1.807) is 0 Å². The molecule has 0 aromatic heterocycles. The number of nitrogens with zero attached hydrogens (tertiary/aromatic N) is 2. The molecule has 8 nitrogen and oxygen atoms in total. The van der Waals surface area contributed by atoms with Crippen LogP contribution in [-0.4, -0.2) is 67.3 Å². The maximum Gasteiger partial charge on any atom is 0.238 e. The molecule has 158 valence electrons. The third-order valence-electron chi connectivity index (χ3n) is 4.79. The van der Waals surface area contributed by atoms with Gasteiger partial charge in [-0.2, -0.15) is 0 Å². The number of anilines is 1. The van der Waals surface area contributed by atoms with Crippen molar-refractivity contribution in [3.8, 4) is 5.75 Å². The number of hydrogen-bond donors (Lipinski definition) is 1. The molecule has 2 aromatic carbocycles. The molecule has 2 N–H and O–H groups in total. The minimum Gasteiger partial charge on any atom is -0.492 e. The molecule has 1 saturated heterocycles. The van der Waals surface area contributed by atoms with Crippen molar-refractivity contribution in [1.82, 2.24) is 4.90 Å². The van der Waals surface area contributed by atoms with E-state index in [0.717, 1.165) is 37.7 Å². The molecule has 0 atom stereocenters. The van der Waals surface area contributed by atoms with Gasteiger partial charge in [0.1, 0.15) is 12.4 Å².